The van der Waals surface area contributed by atoms with E-state index >= 15 is 0 Å². The first kappa shape index (κ1) is 23.5. The van der Waals surface area contributed by atoms with Crippen LogP contribution in [0.15, 0.2) is 60.7 Å². The van der Waals surface area contributed by atoms with Gasteiger partial charge in [0, 0.05) is 16.8 Å². The van der Waals surface area contributed by atoms with E-state index in [-0.39, 0.29) is 17.9 Å². The molecule has 0 aromatic heterocycles. The van der Waals surface area contributed by atoms with Crippen LogP contribution in [0.25, 0.3) is 0 Å². The normalized spacial score (nSPS) is 11.2. The molecule has 0 aliphatic carbocycles. The van der Waals surface area contributed by atoms with E-state index in [0.717, 1.165) is 17.7 Å². The smallest absolute Gasteiger partial charge is 0.417 e. The van der Waals surface area contributed by atoms with Gasteiger partial charge in [-0.05, 0) is 62.4 Å². The molecule has 168 valence electrons. The molecule has 0 aliphatic rings. The Morgan fingerprint density at radius 2 is 1.72 bits per heavy atom. The third-order valence-electron chi connectivity index (χ3n) is 4.57. The molecule has 3 aromatic rings. The lowest BCUT2D eigenvalue weighted by molar-refractivity contribution is -0.137. The number of nitrogens with one attached hydrogen (secondary N) is 1. The number of carbonyl (C=O) groups is 1. The van der Waals surface area contributed by atoms with Crippen LogP contribution in [0.5, 0.6) is 11.5 Å². The Morgan fingerprint density at radius 3 is 2.38 bits per heavy atom. The first-order chi connectivity index (χ1) is 15.2. The van der Waals surface area contributed by atoms with Gasteiger partial charge in [-0.25, -0.2) is 0 Å². The SMILES string of the molecule is CCOc1ccc(C(=O)Nc2ccc(Cl)c(C(F)(F)F)c2)cc1COc1ccc(C)cc1. The fourth-order valence-corrected chi connectivity index (χ4v) is 3.17. The number of amides is 1. The van der Waals surface area contributed by atoms with Crippen LogP contribution in [-0.2, 0) is 12.8 Å². The number of rotatable bonds is 7. The van der Waals surface area contributed by atoms with Crippen molar-refractivity contribution in [2.24, 2.45) is 0 Å². The number of hydrogen-bond acceptors (Lipinski definition) is 3. The lowest BCUT2D eigenvalue weighted by Gasteiger charge is -2.14. The lowest BCUT2D eigenvalue weighted by atomic mass is 10.1. The molecule has 0 saturated heterocycles. The molecule has 4 nitrogen and oxygen atoms in total. The third kappa shape index (κ3) is 5.95. The van der Waals surface area contributed by atoms with E-state index in [4.69, 9.17) is 21.1 Å². The van der Waals surface area contributed by atoms with Gasteiger partial charge in [-0.2, -0.15) is 13.2 Å². The van der Waals surface area contributed by atoms with Crippen molar-refractivity contribution in [3.05, 3.63) is 87.9 Å². The van der Waals surface area contributed by atoms with Crippen molar-refractivity contribution in [2.45, 2.75) is 26.6 Å². The van der Waals surface area contributed by atoms with Crippen LogP contribution in [0.3, 0.4) is 0 Å². The summed E-state index contributed by atoms with van der Waals surface area (Å²) in [6.45, 7) is 4.38. The molecule has 0 radical (unpaired) electrons. The van der Waals surface area contributed by atoms with Crippen molar-refractivity contribution in [1.29, 1.82) is 0 Å². The minimum Gasteiger partial charge on any atom is -0.493 e. The topological polar surface area (TPSA) is 47.6 Å². The van der Waals surface area contributed by atoms with Crippen molar-refractivity contribution in [3.63, 3.8) is 0 Å². The van der Waals surface area contributed by atoms with Gasteiger partial charge >= 0.3 is 6.18 Å². The Bertz CT molecular complexity index is 1100. The summed E-state index contributed by atoms with van der Waals surface area (Å²) in [5, 5.41) is 2.04. The highest BCUT2D eigenvalue weighted by Crippen LogP contribution is 2.36. The summed E-state index contributed by atoms with van der Waals surface area (Å²) in [4.78, 5) is 12.7. The van der Waals surface area contributed by atoms with Crippen molar-refractivity contribution < 1.29 is 27.4 Å². The molecule has 0 bridgehead atoms. The molecule has 0 heterocycles. The summed E-state index contributed by atoms with van der Waals surface area (Å²) in [5.41, 5.74) is 0.947. The summed E-state index contributed by atoms with van der Waals surface area (Å²) in [6.07, 6.45) is -4.63. The number of aryl methyl sites for hydroxylation is 1. The van der Waals surface area contributed by atoms with Gasteiger partial charge < -0.3 is 14.8 Å². The Morgan fingerprint density at radius 1 is 1.00 bits per heavy atom. The Hall–Kier alpha value is -3.19. The van der Waals surface area contributed by atoms with E-state index in [1.54, 1.807) is 12.1 Å². The van der Waals surface area contributed by atoms with Gasteiger partial charge in [-0.3, -0.25) is 4.79 Å². The van der Waals surface area contributed by atoms with Gasteiger partial charge in [0.15, 0.2) is 0 Å². The molecule has 1 N–H and O–H groups in total. The summed E-state index contributed by atoms with van der Waals surface area (Å²) < 4.78 is 50.7. The monoisotopic (exact) mass is 463 g/mol. The van der Waals surface area contributed by atoms with Crippen LogP contribution >= 0.6 is 11.6 Å². The quantitative estimate of drug-likeness (QED) is 0.414. The van der Waals surface area contributed by atoms with Gasteiger partial charge in [0.2, 0.25) is 0 Å². The van der Waals surface area contributed by atoms with Crippen molar-refractivity contribution in [2.75, 3.05) is 11.9 Å². The number of benzene rings is 3. The van der Waals surface area contributed by atoms with E-state index in [2.05, 4.69) is 5.32 Å². The van der Waals surface area contributed by atoms with E-state index in [9.17, 15) is 18.0 Å². The highest BCUT2D eigenvalue weighted by atomic mass is 35.5. The number of halogens is 4. The number of ether oxygens (including phenoxy) is 2. The number of anilines is 1. The van der Waals surface area contributed by atoms with Crippen molar-refractivity contribution >= 4 is 23.2 Å². The highest BCUT2D eigenvalue weighted by molar-refractivity contribution is 6.31. The average molecular weight is 464 g/mol. The zero-order valence-electron chi connectivity index (χ0n) is 17.4. The molecule has 0 aliphatic heterocycles. The zero-order valence-corrected chi connectivity index (χ0v) is 18.2. The first-order valence-electron chi connectivity index (χ1n) is 9.80. The molecule has 0 unspecified atom stereocenters. The van der Waals surface area contributed by atoms with Crippen molar-refractivity contribution in [3.8, 4) is 11.5 Å². The average Bonchev–Trinajstić information content (AvgIpc) is 2.75. The second-order valence-electron chi connectivity index (χ2n) is 7.00. The number of alkyl halides is 3. The Kier molecular flexibility index (Phi) is 7.30. The molecule has 1 amide bonds. The molecule has 8 heteroatoms. The van der Waals surface area contributed by atoms with E-state index in [1.807, 2.05) is 38.1 Å². The van der Waals surface area contributed by atoms with E-state index < -0.39 is 22.7 Å². The van der Waals surface area contributed by atoms with Crippen LogP contribution < -0.4 is 14.8 Å². The highest BCUT2D eigenvalue weighted by Gasteiger charge is 2.33. The minimum atomic E-state index is -4.63. The number of carbonyl (C=O) groups excluding carboxylic acids is 1. The van der Waals surface area contributed by atoms with Gasteiger partial charge in [0.25, 0.3) is 5.91 Å². The van der Waals surface area contributed by atoms with Crippen LogP contribution in [0.4, 0.5) is 18.9 Å². The fourth-order valence-electron chi connectivity index (χ4n) is 2.95. The molecule has 3 aromatic carbocycles. The molecule has 0 saturated carbocycles. The first-order valence-corrected chi connectivity index (χ1v) is 10.2. The third-order valence-corrected chi connectivity index (χ3v) is 4.90. The maximum atomic E-state index is 13.1. The van der Waals surface area contributed by atoms with Gasteiger partial charge in [-0.1, -0.05) is 29.3 Å². The summed E-state index contributed by atoms with van der Waals surface area (Å²) in [5.74, 6) is 0.649. The Balaban J connectivity index is 1.80. The summed E-state index contributed by atoms with van der Waals surface area (Å²) in [7, 11) is 0. The van der Waals surface area contributed by atoms with Crippen LogP contribution in [0.2, 0.25) is 5.02 Å². The summed E-state index contributed by atoms with van der Waals surface area (Å²) in [6, 6.07) is 15.5. The van der Waals surface area contributed by atoms with Gasteiger partial charge in [0.1, 0.15) is 18.1 Å². The molecule has 0 fully saturated rings. The zero-order chi connectivity index (χ0) is 23.3. The van der Waals surface area contributed by atoms with Gasteiger partial charge in [-0.15, -0.1) is 0 Å². The lowest BCUT2D eigenvalue weighted by Crippen LogP contribution is -2.14. The molecule has 3 rings (SSSR count). The van der Waals surface area contributed by atoms with Crippen LogP contribution in [0, 0.1) is 6.92 Å². The molecule has 0 atom stereocenters. The van der Waals surface area contributed by atoms with E-state index in [0.29, 0.717) is 23.7 Å². The largest absolute Gasteiger partial charge is 0.493 e. The van der Waals surface area contributed by atoms with Crippen LogP contribution in [-0.4, -0.2) is 12.5 Å². The molecular weight excluding hydrogens is 443 g/mol. The number of hydrogen-bond donors (Lipinski definition) is 1. The minimum absolute atomic E-state index is 0.0157. The fraction of sp³-hybridized carbons (Fsp3) is 0.208. The maximum absolute atomic E-state index is 13.1. The standard InChI is InChI=1S/C24H21ClF3NO3/c1-3-31-22-11-6-16(12-17(22)14-32-19-8-4-15(2)5-9-19)23(30)29-18-7-10-21(25)20(13-18)24(26,27)28/h4-13H,3,14H2,1-2H3,(H,29,30). The molecule has 32 heavy (non-hydrogen) atoms. The second-order valence-corrected chi connectivity index (χ2v) is 7.41. The van der Waals surface area contributed by atoms with Gasteiger partial charge in [0.05, 0.1) is 17.2 Å². The van der Waals surface area contributed by atoms with Crippen molar-refractivity contribution in [1.82, 2.24) is 0 Å². The maximum Gasteiger partial charge on any atom is 0.417 e. The van der Waals surface area contributed by atoms with E-state index in [1.165, 1.54) is 12.1 Å². The molecular formula is C24H21ClF3NO3. The Labute approximate surface area is 188 Å². The second kappa shape index (κ2) is 9.96. The summed E-state index contributed by atoms with van der Waals surface area (Å²) >= 11 is 5.64. The van der Waals surface area contributed by atoms with Crippen LogP contribution in [0.1, 0.15) is 34.0 Å². The molecule has 0 spiro atoms. The predicted octanol–water partition coefficient (Wildman–Crippen LogP) is 6.90. The predicted molar refractivity (Wildman–Crippen MR) is 118 cm³/mol.